The molecule has 2 rings (SSSR count). The zero-order valence-corrected chi connectivity index (χ0v) is 11.5. The van der Waals surface area contributed by atoms with Gasteiger partial charge in [-0.1, -0.05) is 19.3 Å². The monoisotopic (exact) mass is 310 g/mol. The van der Waals surface area contributed by atoms with E-state index in [4.69, 9.17) is 0 Å². The molecular weight excluding hydrogens is 292 g/mol. The van der Waals surface area contributed by atoms with Crippen molar-refractivity contribution in [3.63, 3.8) is 0 Å². The maximum absolute atomic E-state index is 12.9. The van der Waals surface area contributed by atoms with Crippen LogP contribution in [0.5, 0.6) is 0 Å². The molecule has 2 fully saturated rings. The van der Waals surface area contributed by atoms with Crippen LogP contribution < -0.4 is 5.32 Å². The average Bonchev–Trinajstić information content (AvgIpc) is 2.72. The minimum atomic E-state index is -4.21. The van der Waals surface area contributed by atoms with E-state index in [1.807, 2.05) is 0 Å². The summed E-state index contributed by atoms with van der Waals surface area (Å²) in [5.41, 5.74) is 0. The fraction of sp³-hybridized carbons (Fsp3) is 0.846. The second-order valence-corrected chi connectivity index (χ2v) is 5.59. The number of hydrogen-bond acceptors (Lipinski definition) is 3. The van der Waals surface area contributed by atoms with E-state index in [0.29, 0.717) is 0 Å². The van der Waals surface area contributed by atoms with Crippen LogP contribution in [0, 0.1) is 0 Å². The van der Waals surface area contributed by atoms with E-state index in [2.05, 4.69) is 5.32 Å². The molecule has 0 bridgehead atoms. The molecule has 120 valence electrons. The van der Waals surface area contributed by atoms with Gasteiger partial charge < -0.3 is 0 Å². The van der Waals surface area contributed by atoms with Crippen LogP contribution in [-0.4, -0.2) is 47.7 Å². The Balaban J connectivity index is 1.94. The smallest absolute Gasteiger partial charge is 0.299 e. The summed E-state index contributed by atoms with van der Waals surface area (Å²) in [6.45, 7) is -1.31. The Hall–Kier alpha value is -1.18. The van der Waals surface area contributed by atoms with Crippen LogP contribution in [0.4, 0.5) is 17.6 Å². The van der Waals surface area contributed by atoms with Gasteiger partial charge in [0.25, 0.3) is 0 Å². The van der Waals surface area contributed by atoms with Crippen LogP contribution >= 0.6 is 0 Å². The second kappa shape index (κ2) is 6.29. The highest BCUT2D eigenvalue weighted by molar-refractivity contribution is 6.05. The van der Waals surface area contributed by atoms with Crippen LogP contribution in [0.25, 0.3) is 0 Å². The molecule has 1 saturated heterocycles. The number of halogens is 4. The number of nitrogens with one attached hydrogen (secondary N) is 1. The Morgan fingerprint density at radius 2 is 1.81 bits per heavy atom. The van der Waals surface area contributed by atoms with Crippen molar-refractivity contribution in [2.75, 3.05) is 6.54 Å². The van der Waals surface area contributed by atoms with Gasteiger partial charge in [-0.2, -0.15) is 8.78 Å². The summed E-state index contributed by atoms with van der Waals surface area (Å²) in [5.74, 6) is -5.19. The number of imide groups is 1. The highest BCUT2D eigenvalue weighted by atomic mass is 19.3. The number of hydrogen-bond donors (Lipinski definition) is 1. The number of alkyl halides is 4. The molecule has 1 saturated carbocycles. The van der Waals surface area contributed by atoms with Crippen molar-refractivity contribution in [3.05, 3.63) is 0 Å². The first-order valence-electron chi connectivity index (χ1n) is 7.08. The summed E-state index contributed by atoms with van der Waals surface area (Å²) < 4.78 is 49.9. The van der Waals surface area contributed by atoms with E-state index >= 15 is 0 Å². The van der Waals surface area contributed by atoms with Gasteiger partial charge in [0, 0.05) is 6.04 Å². The van der Waals surface area contributed by atoms with Crippen molar-refractivity contribution in [2.45, 2.75) is 63.0 Å². The first-order valence-corrected chi connectivity index (χ1v) is 7.08. The second-order valence-electron chi connectivity index (χ2n) is 5.59. The third-order valence-corrected chi connectivity index (χ3v) is 4.03. The number of likely N-dealkylation sites (tertiary alicyclic amines) is 1. The minimum absolute atomic E-state index is 0.179. The predicted octanol–water partition coefficient (Wildman–Crippen LogP) is 1.94. The van der Waals surface area contributed by atoms with Crippen LogP contribution in [0.1, 0.15) is 38.5 Å². The highest BCUT2D eigenvalue weighted by Gasteiger charge is 2.46. The third-order valence-electron chi connectivity index (χ3n) is 4.03. The zero-order valence-electron chi connectivity index (χ0n) is 11.5. The summed E-state index contributed by atoms with van der Waals surface area (Å²) in [4.78, 5) is 25.1. The minimum Gasteiger partial charge on any atom is -0.299 e. The number of amides is 2. The Bertz CT molecular complexity index is 411. The standard InChI is InChI=1S/C13H18F4N2O2/c14-12(15)13(16,17)7-18-9-6-10(20)19(11(9)21)8-4-2-1-3-5-8/h8-9,12,18H,1-7H2. The molecule has 2 aliphatic rings. The normalized spacial score (nSPS) is 25.2. The lowest BCUT2D eigenvalue weighted by Crippen LogP contribution is -2.48. The maximum atomic E-state index is 12.9. The first kappa shape index (κ1) is 16.2. The lowest BCUT2D eigenvalue weighted by atomic mass is 9.94. The Kier molecular flexibility index (Phi) is 4.85. The summed E-state index contributed by atoms with van der Waals surface area (Å²) in [5, 5.41) is 2.11. The maximum Gasteiger partial charge on any atom is 0.319 e. The van der Waals surface area contributed by atoms with Crippen molar-refractivity contribution in [2.24, 2.45) is 0 Å². The highest BCUT2D eigenvalue weighted by Crippen LogP contribution is 2.28. The van der Waals surface area contributed by atoms with E-state index < -0.39 is 36.7 Å². The molecule has 2 amide bonds. The number of rotatable bonds is 5. The van der Waals surface area contributed by atoms with Gasteiger partial charge in [-0.05, 0) is 12.8 Å². The molecule has 1 aliphatic heterocycles. The molecular formula is C13H18F4N2O2. The molecule has 1 N–H and O–H groups in total. The van der Waals surface area contributed by atoms with Gasteiger partial charge in [0.1, 0.15) is 0 Å². The Labute approximate surface area is 119 Å². The van der Waals surface area contributed by atoms with Gasteiger partial charge in [-0.25, -0.2) is 8.78 Å². The van der Waals surface area contributed by atoms with Gasteiger partial charge >= 0.3 is 12.3 Å². The lowest BCUT2D eigenvalue weighted by molar-refractivity contribution is -0.143. The summed E-state index contributed by atoms with van der Waals surface area (Å²) >= 11 is 0. The van der Waals surface area contributed by atoms with E-state index in [0.717, 1.165) is 37.0 Å². The lowest BCUT2D eigenvalue weighted by Gasteiger charge is -2.29. The van der Waals surface area contributed by atoms with Gasteiger partial charge in [-0.15, -0.1) is 0 Å². The van der Waals surface area contributed by atoms with Gasteiger partial charge in [0.2, 0.25) is 11.8 Å². The van der Waals surface area contributed by atoms with E-state index in [1.165, 1.54) is 0 Å². The molecule has 1 heterocycles. The topological polar surface area (TPSA) is 49.4 Å². The van der Waals surface area contributed by atoms with Crippen LogP contribution in [0.2, 0.25) is 0 Å². The fourth-order valence-corrected chi connectivity index (χ4v) is 2.87. The van der Waals surface area contributed by atoms with Crippen molar-refractivity contribution in [3.8, 4) is 0 Å². The van der Waals surface area contributed by atoms with Crippen LogP contribution in [-0.2, 0) is 9.59 Å². The van der Waals surface area contributed by atoms with E-state index in [-0.39, 0.29) is 12.5 Å². The predicted molar refractivity (Wildman–Crippen MR) is 66.1 cm³/mol. The molecule has 21 heavy (non-hydrogen) atoms. The van der Waals surface area contributed by atoms with E-state index in [9.17, 15) is 27.2 Å². The van der Waals surface area contributed by atoms with Crippen molar-refractivity contribution >= 4 is 11.8 Å². The molecule has 8 heteroatoms. The average molecular weight is 310 g/mol. The number of carbonyl (C=O) groups is 2. The van der Waals surface area contributed by atoms with Crippen molar-refractivity contribution in [1.82, 2.24) is 10.2 Å². The molecule has 0 radical (unpaired) electrons. The van der Waals surface area contributed by atoms with Crippen LogP contribution in [0.15, 0.2) is 0 Å². The van der Waals surface area contributed by atoms with E-state index in [1.54, 1.807) is 0 Å². The van der Waals surface area contributed by atoms with Gasteiger partial charge in [0.15, 0.2) is 0 Å². The van der Waals surface area contributed by atoms with Crippen molar-refractivity contribution in [1.29, 1.82) is 0 Å². The van der Waals surface area contributed by atoms with Gasteiger partial charge in [0.05, 0.1) is 19.0 Å². The van der Waals surface area contributed by atoms with Gasteiger partial charge in [-0.3, -0.25) is 19.8 Å². The third kappa shape index (κ3) is 3.53. The Morgan fingerprint density at radius 3 is 2.38 bits per heavy atom. The summed E-state index contributed by atoms with van der Waals surface area (Å²) in [6, 6.07) is -1.30. The summed E-state index contributed by atoms with van der Waals surface area (Å²) in [6.07, 6.45) is 0.289. The van der Waals surface area contributed by atoms with Crippen molar-refractivity contribution < 1.29 is 27.2 Å². The zero-order chi connectivity index (χ0) is 15.6. The Morgan fingerprint density at radius 1 is 1.19 bits per heavy atom. The molecule has 1 unspecified atom stereocenters. The number of carbonyl (C=O) groups excluding carboxylic acids is 2. The summed E-state index contributed by atoms with van der Waals surface area (Å²) in [7, 11) is 0. The molecule has 0 aromatic rings. The number of nitrogens with zero attached hydrogens (tertiary/aromatic N) is 1. The quantitative estimate of drug-likeness (QED) is 0.623. The molecule has 1 atom stereocenters. The SMILES string of the molecule is O=C1CC(NCC(F)(F)C(F)F)C(=O)N1C1CCCCC1. The van der Waals surface area contributed by atoms with Crippen LogP contribution in [0.3, 0.4) is 0 Å². The molecule has 4 nitrogen and oxygen atoms in total. The molecule has 0 spiro atoms. The fourth-order valence-electron chi connectivity index (χ4n) is 2.87. The molecule has 0 aromatic carbocycles. The molecule has 0 aromatic heterocycles. The first-order chi connectivity index (χ1) is 9.83. The largest absolute Gasteiger partial charge is 0.319 e. The molecule has 1 aliphatic carbocycles.